The van der Waals surface area contributed by atoms with Crippen molar-refractivity contribution in [1.29, 1.82) is 0 Å². The van der Waals surface area contributed by atoms with Gasteiger partial charge in [0.25, 0.3) is 0 Å². The van der Waals surface area contributed by atoms with Crippen molar-refractivity contribution in [3.63, 3.8) is 0 Å². The number of rotatable bonds is 3. The zero-order valence-corrected chi connectivity index (χ0v) is 7.93. The maximum absolute atomic E-state index is 11.7. The van der Waals surface area contributed by atoms with Crippen LogP contribution in [0, 0.1) is 0 Å². The fourth-order valence-corrected chi connectivity index (χ4v) is 0.755. The highest BCUT2D eigenvalue weighted by Gasteiger charge is 2.26. The lowest BCUT2D eigenvalue weighted by Crippen LogP contribution is -2.43. The van der Waals surface area contributed by atoms with E-state index in [1.807, 2.05) is 5.32 Å². The van der Waals surface area contributed by atoms with Crippen LogP contribution in [0.5, 0.6) is 0 Å². The molecule has 0 aromatic rings. The fourth-order valence-electron chi connectivity index (χ4n) is 0.497. The summed E-state index contributed by atoms with van der Waals surface area (Å²) in [6.45, 7) is 4.06. The first-order valence-electron chi connectivity index (χ1n) is 3.59. The van der Waals surface area contributed by atoms with Gasteiger partial charge in [-0.2, -0.15) is 13.2 Å². The molecule has 0 saturated heterocycles. The van der Waals surface area contributed by atoms with Gasteiger partial charge in [0.1, 0.15) is 6.54 Å². The molecule has 0 aromatic heterocycles. The molecule has 0 radical (unpaired) electrons. The third-order valence-electron chi connectivity index (χ3n) is 1.16. The van der Waals surface area contributed by atoms with Crippen molar-refractivity contribution in [2.24, 2.45) is 0 Å². The second-order valence-corrected chi connectivity index (χ2v) is 2.87. The highest BCUT2D eigenvalue weighted by molar-refractivity contribution is 7.80. The molecule has 13 heavy (non-hydrogen) atoms. The number of hydrogen-bond donors (Lipinski definition) is 2. The van der Waals surface area contributed by atoms with E-state index in [2.05, 4.69) is 24.1 Å². The third-order valence-corrected chi connectivity index (χ3v) is 1.42. The van der Waals surface area contributed by atoms with E-state index in [0.717, 1.165) is 0 Å². The maximum atomic E-state index is 11.7. The van der Waals surface area contributed by atoms with E-state index in [1.165, 1.54) is 0 Å². The standard InChI is InChI=1S/C7H11F3N2S/c1-3-5(2)12-6(13)11-4-7(8,9)10/h3,5H,1,4H2,2H3,(H2,11,12,13). The van der Waals surface area contributed by atoms with Gasteiger partial charge >= 0.3 is 6.18 Å². The fraction of sp³-hybridized carbons (Fsp3) is 0.571. The monoisotopic (exact) mass is 212 g/mol. The van der Waals surface area contributed by atoms with Gasteiger partial charge in [-0.05, 0) is 19.1 Å². The van der Waals surface area contributed by atoms with E-state index >= 15 is 0 Å². The molecule has 0 fully saturated rings. The van der Waals surface area contributed by atoms with Gasteiger partial charge in [-0.1, -0.05) is 6.08 Å². The van der Waals surface area contributed by atoms with Crippen molar-refractivity contribution in [3.05, 3.63) is 12.7 Å². The number of halogens is 3. The van der Waals surface area contributed by atoms with Crippen LogP contribution in [-0.4, -0.2) is 23.9 Å². The summed E-state index contributed by atoms with van der Waals surface area (Å²) in [5, 5.41) is 4.62. The lowest BCUT2D eigenvalue weighted by molar-refractivity contribution is -0.122. The van der Waals surface area contributed by atoms with Crippen LogP contribution >= 0.6 is 12.2 Å². The Morgan fingerprint density at radius 3 is 2.54 bits per heavy atom. The summed E-state index contributed by atoms with van der Waals surface area (Å²) in [4.78, 5) is 0. The summed E-state index contributed by atoms with van der Waals surface area (Å²) in [7, 11) is 0. The summed E-state index contributed by atoms with van der Waals surface area (Å²) in [6.07, 6.45) is -2.70. The number of hydrogen-bond acceptors (Lipinski definition) is 1. The molecule has 2 nitrogen and oxygen atoms in total. The predicted molar refractivity (Wildman–Crippen MR) is 49.5 cm³/mol. The Balaban J connectivity index is 3.70. The van der Waals surface area contributed by atoms with Gasteiger partial charge in [-0.3, -0.25) is 0 Å². The number of thiocarbonyl (C=S) groups is 1. The molecule has 0 amide bonds. The van der Waals surface area contributed by atoms with Crippen LogP contribution in [0.15, 0.2) is 12.7 Å². The summed E-state index contributed by atoms with van der Waals surface area (Å²) < 4.78 is 35.0. The quantitative estimate of drug-likeness (QED) is 0.548. The molecule has 0 aliphatic carbocycles. The van der Waals surface area contributed by atoms with E-state index in [9.17, 15) is 13.2 Å². The molecular formula is C7H11F3N2S. The Labute approximate surface area is 80.2 Å². The lowest BCUT2D eigenvalue weighted by Gasteiger charge is -2.14. The van der Waals surface area contributed by atoms with Crippen molar-refractivity contribution in [1.82, 2.24) is 10.6 Å². The zero-order chi connectivity index (χ0) is 10.5. The van der Waals surface area contributed by atoms with Crippen LogP contribution in [0.3, 0.4) is 0 Å². The van der Waals surface area contributed by atoms with Gasteiger partial charge in [0.15, 0.2) is 5.11 Å². The van der Waals surface area contributed by atoms with Crippen molar-refractivity contribution in [2.45, 2.75) is 19.1 Å². The van der Waals surface area contributed by atoms with Crippen molar-refractivity contribution < 1.29 is 13.2 Å². The topological polar surface area (TPSA) is 24.1 Å². The summed E-state index contributed by atoms with van der Waals surface area (Å²) in [6, 6.07) is -0.145. The van der Waals surface area contributed by atoms with Crippen molar-refractivity contribution in [3.8, 4) is 0 Å². The Hall–Kier alpha value is -0.780. The predicted octanol–water partition coefficient (Wildman–Crippen LogP) is 1.59. The lowest BCUT2D eigenvalue weighted by atomic mass is 10.3. The van der Waals surface area contributed by atoms with Crippen molar-refractivity contribution in [2.75, 3.05) is 6.54 Å². The first-order valence-corrected chi connectivity index (χ1v) is 3.99. The second kappa shape index (κ2) is 5.06. The van der Waals surface area contributed by atoms with Gasteiger partial charge in [0.05, 0.1) is 0 Å². The summed E-state index contributed by atoms with van der Waals surface area (Å²) >= 11 is 4.59. The van der Waals surface area contributed by atoms with E-state index < -0.39 is 12.7 Å². The molecule has 0 heterocycles. The first kappa shape index (κ1) is 12.2. The van der Waals surface area contributed by atoms with Gasteiger partial charge in [0.2, 0.25) is 0 Å². The maximum Gasteiger partial charge on any atom is 0.405 e. The molecule has 6 heteroatoms. The van der Waals surface area contributed by atoms with Gasteiger partial charge in [-0.25, -0.2) is 0 Å². The molecule has 2 N–H and O–H groups in total. The molecule has 0 aliphatic rings. The van der Waals surface area contributed by atoms with E-state index in [1.54, 1.807) is 13.0 Å². The van der Waals surface area contributed by atoms with Crippen LogP contribution in [-0.2, 0) is 0 Å². The van der Waals surface area contributed by atoms with Gasteiger partial charge < -0.3 is 10.6 Å². The highest BCUT2D eigenvalue weighted by Crippen LogP contribution is 2.11. The zero-order valence-electron chi connectivity index (χ0n) is 7.11. The summed E-state index contributed by atoms with van der Waals surface area (Å²) in [5.74, 6) is 0. The minimum atomic E-state index is -4.25. The summed E-state index contributed by atoms with van der Waals surface area (Å²) in [5.41, 5.74) is 0. The largest absolute Gasteiger partial charge is 0.405 e. The van der Waals surface area contributed by atoms with Gasteiger partial charge in [0, 0.05) is 6.04 Å². The molecule has 1 unspecified atom stereocenters. The van der Waals surface area contributed by atoms with Gasteiger partial charge in [-0.15, -0.1) is 6.58 Å². The van der Waals surface area contributed by atoms with E-state index in [4.69, 9.17) is 0 Å². The Bertz CT molecular complexity index is 191. The Kier molecular flexibility index (Phi) is 4.76. The Morgan fingerprint density at radius 1 is 1.62 bits per heavy atom. The molecule has 1 atom stereocenters. The Morgan fingerprint density at radius 2 is 2.15 bits per heavy atom. The minimum absolute atomic E-state index is 0.0234. The molecule has 0 bridgehead atoms. The SMILES string of the molecule is C=CC(C)NC(=S)NCC(F)(F)F. The minimum Gasteiger partial charge on any atom is -0.357 e. The second-order valence-electron chi connectivity index (χ2n) is 2.47. The average Bonchev–Trinajstić information content (AvgIpc) is 1.99. The molecular weight excluding hydrogens is 201 g/mol. The van der Waals surface area contributed by atoms with Crippen LogP contribution in [0.1, 0.15) is 6.92 Å². The van der Waals surface area contributed by atoms with Crippen LogP contribution < -0.4 is 10.6 Å². The van der Waals surface area contributed by atoms with E-state index in [0.29, 0.717) is 0 Å². The smallest absolute Gasteiger partial charge is 0.357 e. The molecule has 0 aliphatic heterocycles. The number of nitrogens with one attached hydrogen (secondary N) is 2. The highest BCUT2D eigenvalue weighted by atomic mass is 32.1. The van der Waals surface area contributed by atoms with E-state index in [-0.39, 0.29) is 11.2 Å². The first-order chi connectivity index (χ1) is 5.85. The molecule has 0 aromatic carbocycles. The van der Waals surface area contributed by atoms with Crippen LogP contribution in [0.25, 0.3) is 0 Å². The van der Waals surface area contributed by atoms with Crippen LogP contribution in [0.2, 0.25) is 0 Å². The average molecular weight is 212 g/mol. The normalized spacial score (nSPS) is 13.2. The third kappa shape index (κ3) is 7.58. The molecule has 0 rings (SSSR count). The van der Waals surface area contributed by atoms with Crippen LogP contribution in [0.4, 0.5) is 13.2 Å². The molecule has 0 spiro atoms. The molecule has 76 valence electrons. The number of alkyl halides is 3. The van der Waals surface area contributed by atoms with Crippen molar-refractivity contribution >= 4 is 17.3 Å². The molecule has 0 saturated carbocycles.